The first-order valence-corrected chi connectivity index (χ1v) is 14.7. The quantitative estimate of drug-likeness (QED) is 0.573. The maximum absolute atomic E-state index is 10.6. The van der Waals surface area contributed by atoms with Gasteiger partial charge >= 0.3 is 171 Å². The van der Waals surface area contributed by atoms with Crippen LogP contribution in [0, 0.1) is 0 Å². The molecule has 1 aromatic rings. The number of rotatable bonds is 7. The molecule has 0 aliphatic heterocycles. The van der Waals surface area contributed by atoms with Crippen LogP contribution in [0.2, 0.25) is 0 Å². The second-order valence-corrected chi connectivity index (χ2v) is 15.7. The van der Waals surface area contributed by atoms with Gasteiger partial charge in [-0.15, -0.1) is 0 Å². The van der Waals surface area contributed by atoms with E-state index in [1.807, 2.05) is 62.3 Å². The maximum atomic E-state index is 10.6. The fourth-order valence-electron chi connectivity index (χ4n) is 2.08. The van der Waals surface area contributed by atoms with Gasteiger partial charge in [-0.1, -0.05) is 0 Å². The molecule has 0 fully saturated rings. The minimum atomic E-state index is -5.55. The molecule has 0 aliphatic rings. The molecule has 0 amide bonds. The van der Waals surface area contributed by atoms with Crippen molar-refractivity contribution in [3.8, 4) is 5.75 Å². The molecule has 0 atom stereocenters. The second kappa shape index (κ2) is 8.71. The van der Waals surface area contributed by atoms with Crippen molar-refractivity contribution in [1.82, 2.24) is 0 Å². The summed E-state index contributed by atoms with van der Waals surface area (Å²) in [5.41, 5.74) is -2.13. The number of hydrogen-bond donors (Lipinski definition) is 2. The van der Waals surface area contributed by atoms with Crippen LogP contribution in [0.5, 0.6) is 5.75 Å². The predicted octanol–water partition coefficient (Wildman–Crippen LogP) is 3.76. The molecule has 1 aromatic carbocycles. The van der Waals surface area contributed by atoms with Crippen molar-refractivity contribution in [2.75, 3.05) is 0 Å². The van der Waals surface area contributed by atoms with Gasteiger partial charge in [0.2, 0.25) is 0 Å². The summed E-state index contributed by atoms with van der Waals surface area (Å²) < 4.78 is 50.6. The van der Waals surface area contributed by atoms with Gasteiger partial charge < -0.3 is 0 Å². The normalized spacial score (nSPS) is 14.3. The molecule has 0 bridgehead atoms. The van der Waals surface area contributed by atoms with E-state index in [2.05, 4.69) is 0 Å². The van der Waals surface area contributed by atoms with Gasteiger partial charge in [-0.2, -0.15) is 0 Å². The molecule has 9 heteroatoms. The SMILES string of the molecule is CC(C)(C)O[Si](OC(C)(C)C)(OC(C)(C)C)[O][Zr]([OH])([OH])[O]c1ccccc1. The zero-order valence-electron chi connectivity index (χ0n) is 17.8. The van der Waals surface area contributed by atoms with Gasteiger partial charge in [0.05, 0.1) is 0 Å². The van der Waals surface area contributed by atoms with E-state index < -0.39 is 47.9 Å². The molecule has 0 unspecified atom stereocenters. The van der Waals surface area contributed by atoms with Gasteiger partial charge in [0, 0.05) is 0 Å². The van der Waals surface area contributed by atoms with E-state index in [9.17, 15) is 6.37 Å². The molecule has 0 aliphatic carbocycles. The Hall–Kier alpha value is -0.120. The van der Waals surface area contributed by atoms with E-state index in [-0.39, 0.29) is 0 Å². The molecule has 1 rings (SSSR count). The van der Waals surface area contributed by atoms with Gasteiger partial charge in [0.15, 0.2) is 0 Å². The Kier molecular flexibility index (Phi) is 8.04. The molecular weight excluding hydrogens is 448 g/mol. The van der Waals surface area contributed by atoms with Crippen LogP contribution in [0.25, 0.3) is 0 Å². The van der Waals surface area contributed by atoms with Crippen molar-refractivity contribution in [3.63, 3.8) is 0 Å². The Morgan fingerprint density at radius 1 is 0.704 bits per heavy atom. The van der Waals surface area contributed by atoms with Crippen LogP contribution in [0.15, 0.2) is 30.3 Å². The molecule has 2 N–H and O–H groups in total. The standard InChI is InChI=1S/C12H27O4Si.C6H6O.2H2O.Zr/c1-10(2,3)14-17(13,15-11(4,5)6)16-12(7,8)9;7-6-4-2-1-3-5-6;;;/h1-9H3;1-5,7H;2*1H2;/q-1;;;;+4/p-3. The molecule has 0 spiro atoms. The minimum absolute atomic E-state index is 0.295. The van der Waals surface area contributed by atoms with E-state index in [0.29, 0.717) is 5.75 Å². The van der Waals surface area contributed by atoms with E-state index >= 15 is 0 Å². The van der Waals surface area contributed by atoms with Gasteiger partial charge in [-0.3, -0.25) is 0 Å². The van der Waals surface area contributed by atoms with Gasteiger partial charge in [-0.25, -0.2) is 0 Å². The van der Waals surface area contributed by atoms with Crippen LogP contribution in [0.1, 0.15) is 62.3 Å². The Balaban J connectivity index is 3.26. The molecule has 0 saturated carbocycles. The first kappa shape index (κ1) is 24.9. The Bertz CT molecular complexity index is 548. The molecule has 7 nitrogen and oxygen atoms in total. The van der Waals surface area contributed by atoms with Gasteiger partial charge in [0.25, 0.3) is 0 Å². The third-order valence-electron chi connectivity index (χ3n) is 2.55. The van der Waals surface area contributed by atoms with Crippen molar-refractivity contribution in [2.24, 2.45) is 0 Å². The molecule has 0 aromatic heterocycles. The van der Waals surface area contributed by atoms with Crippen LogP contribution in [0.4, 0.5) is 0 Å². The predicted molar refractivity (Wildman–Crippen MR) is 101 cm³/mol. The summed E-state index contributed by atoms with van der Waals surface area (Å²) in [6.07, 6.45) is 0. The van der Waals surface area contributed by atoms with Crippen LogP contribution >= 0.6 is 0 Å². The fourth-order valence-corrected chi connectivity index (χ4v) is 9.66. The summed E-state index contributed by atoms with van der Waals surface area (Å²) in [5.74, 6) is 0.295. The summed E-state index contributed by atoms with van der Waals surface area (Å²) in [7, 11) is -4.02. The first-order chi connectivity index (χ1) is 11.9. The zero-order chi connectivity index (χ0) is 21.1. The molecule has 0 radical (unpaired) electrons. The van der Waals surface area contributed by atoms with Crippen molar-refractivity contribution >= 4 is 9.05 Å². The third-order valence-corrected chi connectivity index (χ3v) is 10.7. The molecule has 0 heterocycles. The van der Waals surface area contributed by atoms with Crippen molar-refractivity contribution in [3.05, 3.63) is 30.3 Å². The van der Waals surface area contributed by atoms with Crippen molar-refractivity contribution in [1.29, 1.82) is 0 Å². The Morgan fingerprint density at radius 2 is 1.07 bits per heavy atom. The summed E-state index contributed by atoms with van der Waals surface area (Å²) in [6.45, 7) is 16.4. The Labute approximate surface area is 170 Å². The first-order valence-electron chi connectivity index (χ1n) is 8.90. The van der Waals surface area contributed by atoms with Crippen molar-refractivity contribution < 1.29 is 47.0 Å². The second-order valence-electron chi connectivity index (χ2n) is 9.21. The number of benzene rings is 1. The topological polar surface area (TPSA) is 86.6 Å². The summed E-state index contributed by atoms with van der Waals surface area (Å²) in [6, 6.07) is 8.48. The van der Waals surface area contributed by atoms with Crippen molar-refractivity contribution in [2.45, 2.75) is 79.1 Å². The van der Waals surface area contributed by atoms with Gasteiger partial charge in [0.1, 0.15) is 0 Å². The number of para-hydroxylation sites is 1. The van der Waals surface area contributed by atoms with E-state index in [1.54, 1.807) is 30.3 Å². The number of hydrogen-bond acceptors (Lipinski definition) is 7. The molecular formula is C18H34O7SiZr. The summed E-state index contributed by atoms with van der Waals surface area (Å²) in [5, 5.41) is 0. The Morgan fingerprint density at radius 3 is 1.41 bits per heavy atom. The summed E-state index contributed by atoms with van der Waals surface area (Å²) >= 11 is -5.55. The van der Waals surface area contributed by atoms with E-state index in [0.717, 1.165) is 0 Å². The molecule has 0 saturated heterocycles. The molecule has 27 heavy (non-hydrogen) atoms. The fraction of sp³-hybridized carbons (Fsp3) is 0.667. The van der Waals surface area contributed by atoms with Crippen LogP contribution in [-0.2, 0) is 37.8 Å². The van der Waals surface area contributed by atoms with Gasteiger partial charge in [-0.05, 0) is 0 Å². The van der Waals surface area contributed by atoms with E-state index in [4.69, 9.17) is 18.6 Å². The van der Waals surface area contributed by atoms with Crippen LogP contribution < -0.4 is 2.81 Å². The average molecular weight is 482 g/mol. The monoisotopic (exact) mass is 480 g/mol. The van der Waals surface area contributed by atoms with Crippen LogP contribution in [-0.4, -0.2) is 32.2 Å². The summed E-state index contributed by atoms with van der Waals surface area (Å²) in [4.78, 5) is 0. The van der Waals surface area contributed by atoms with Crippen LogP contribution in [0.3, 0.4) is 0 Å². The average Bonchev–Trinajstić information content (AvgIpc) is 2.30. The zero-order valence-corrected chi connectivity index (χ0v) is 21.3. The third kappa shape index (κ3) is 10.9. The van der Waals surface area contributed by atoms with E-state index in [1.165, 1.54) is 0 Å². The molecule has 156 valence electrons.